The van der Waals surface area contributed by atoms with Gasteiger partial charge in [-0.05, 0) is 46.3 Å². The Morgan fingerprint density at radius 1 is 1.00 bits per heavy atom. The second-order valence-corrected chi connectivity index (χ2v) is 6.36. The molecule has 1 N–H and O–H groups in total. The number of rotatable bonds is 2. The van der Waals surface area contributed by atoms with Crippen molar-refractivity contribution >= 4 is 27.1 Å². The second-order valence-electron chi connectivity index (χ2n) is 5.44. The number of imidazole rings is 1. The number of halogens is 4. The van der Waals surface area contributed by atoms with Crippen LogP contribution in [0, 0.1) is 0 Å². The van der Waals surface area contributed by atoms with Crippen LogP contribution in [0.25, 0.3) is 33.9 Å². The molecule has 0 bridgehead atoms. The summed E-state index contributed by atoms with van der Waals surface area (Å²) in [6.45, 7) is 0. The summed E-state index contributed by atoms with van der Waals surface area (Å²) in [5.41, 5.74) is 1.06. The molecular formula is C17H9BrF3N5. The van der Waals surface area contributed by atoms with Crippen LogP contribution in [0.4, 0.5) is 13.2 Å². The van der Waals surface area contributed by atoms with Gasteiger partial charge in [-0.2, -0.15) is 13.2 Å². The summed E-state index contributed by atoms with van der Waals surface area (Å²) < 4.78 is 40.2. The van der Waals surface area contributed by atoms with Gasteiger partial charge in [-0.15, -0.1) is 0 Å². The fraction of sp³-hybridized carbons (Fsp3) is 0.0588. The molecule has 0 fully saturated rings. The van der Waals surface area contributed by atoms with Crippen molar-refractivity contribution in [2.45, 2.75) is 6.18 Å². The van der Waals surface area contributed by atoms with E-state index in [0.717, 1.165) is 16.1 Å². The Labute approximate surface area is 153 Å². The molecule has 4 heterocycles. The monoisotopic (exact) mass is 419 g/mol. The Kier molecular flexibility index (Phi) is 3.95. The molecule has 130 valence electrons. The van der Waals surface area contributed by atoms with Crippen LogP contribution in [0.2, 0.25) is 0 Å². The fourth-order valence-corrected chi connectivity index (χ4v) is 2.87. The van der Waals surface area contributed by atoms with E-state index in [-0.39, 0.29) is 11.3 Å². The Bertz CT molecular complexity index is 1090. The first-order valence-corrected chi connectivity index (χ1v) is 8.21. The summed E-state index contributed by atoms with van der Waals surface area (Å²) in [5.74, 6) is 0.481. The van der Waals surface area contributed by atoms with Gasteiger partial charge in [0.15, 0.2) is 11.5 Å². The van der Waals surface area contributed by atoms with Gasteiger partial charge in [0.05, 0.1) is 16.8 Å². The molecule has 0 unspecified atom stereocenters. The Morgan fingerprint density at radius 2 is 1.85 bits per heavy atom. The lowest BCUT2D eigenvalue weighted by Gasteiger charge is -2.11. The first-order chi connectivity index (χ1) is 12.4. The van der Waals surface area contributed by atoms with E-state index in [9.17, 15) is 13.2 Å². The molecule has 0 aromatic carbocycles. The van der Waals surface area contributed by atoms with E-state index >= 15 is 0 Å². The van der Waals surface area contributed by atoms with Gasteiger partial charge in [0, 0.05) is 28.6 Å². The number of hydrogen-bond donors (Lipinski definition) is 1. The molecule has 4 aromatic heterocycles. The summed E-state index contributed by atoms with van der Waals surface area (Å²) in [5, 5.41) is 0. The third-order valence-electron chi connectivity index (χ3n) is 3.70. The summed E-state index contributed by atoms with van der Waals surface area (Å²) in [4.78, 5) is 19.7. The highest BCUT2D eigenvalue weighted by Gasteiger charge is 2.34. The van der Waals surface area contributed by atoms with E-state index < -0.39 is 11.7 Å². The molecule has 4 aromatic rings. The molecule has 9 heteroatoms. The van der Waals surface area contributed by atoms with Crippen LogP contribution >= 0.6 is 15.9 Å². The molecule has 5 nitrogen and oxygen atoms in total. The molecule has 0 spiro atoms. The number of H-pyrrole nitrogens is 1. The van der Waals surface area contributed by atoms with E-state index in [1.807, 2.05) is 6.07 Å². The van der Waals surface area contributed by atoms with E-state index in [0.29, 0.717) is 17.2 Å². The maximum atomic E-state index is 13.1. The SMILES string of the molecule is FC(F)(F)c1cccnc1-c1ccc(-c2nc3ncc(Br)cc3[nH]2)nc1. The smallest absolute Gasteiger partial charge is 0.335 e. The van der Waals surface area contributed by atoms with Crippen molar-refractivity contribution < 1.29 is 13.2 Å². The third-order valence-corrected chi connectivity index (χ3v) is 4.13. The number of fused-ring (bicyclic) bond motifs is 1. The summed E-state index contributed by atoms with van der Waals surface area (Å²) in [6.07, 6.45) is -0.187. The largest absolute Gasteiger partial charge is 0.418 e. The lowest BCUT2D eigenvalue weighted by atomic mass is 10.1. The molecular weight excluding hydrogens is 411 g/mol. The van der Waals surface area contributed by atoms with E-state index in [4.69, 9.17) is 0 Å². The van der Waals surface area contributed by atoms with Gasteiger partial charge in [0.25, 0.3) is 0 Å². The standard InChI is InChI=1S/C17H9BrF3N5/c18-10-6-13-15(24-8-10)26-16(25-13)12-4-3-9(7-23-12)14-11(17(19,20)21)2-1-5-22-14/h1-8H,(H,24,25,26). The minimum absolute atomic E-state index is 0.158. The molecule has 0 aliphatic heterocycles. The first kappa shape index (κ1) is 16.6. The average molecular weight is 420 g/mol. The van der Waals surface area contributed by atoms with Crippen LogP contribution in [0.5, 0.6) is 0 Å². The molecule has 0 aliphatic carbocycles. The zero-order chi connectivity index (χ0) is 18.3. The van der Waals surface area contributed by atoms with Crippen molar-refractivity contribution in [3.05, 3.63) is 59.0 Å². The van der Waals surface area contributed by atoms with Crippen LogP contribution in [0.15, 0.2) is 53.4 Å². The summed E-state index contributed by atoms with van der Waals surface area (Å²) in [6, 6.07) is 7.22. The number of nitrogens with one attached hydrogen (secondary N) is 1. The lowest BCUT2D eigenvalue weighted by molar-refractivity contribution is -0.137. The van der Waals surface area contributed by atoms with Gasteiger partial charge in [0.1, 0.15) is 5.69 Å². The zero-order valence-electron chi connectivity index (χ0n) is 12.9. The second kappa shape index (κ2) is 6.17. The molecule has 0 saturated carbocycles. The third kappa shape index (κ3) is 3.05. The van der Waals surface area contributed by atoms with Crippen molar-refractivity contribution in [1.82, 2.24) is 24.9 Å². The van der Waals surface area contributed by atoms with Crippen LogP contribution in [-0.4, -0.2) is 24.9 Å². The molecule has 0 radical (unpaired) electrons. The number of aromatic amines is 1. The van der Waals surface area contributed by atoms with Gasteiger partial charge in [-0.1, -0.05) is 0 Å². The predicted molar refractivity (Wildman–Crippen MR) is 93.1 cm³/mol. The highest BCUT2D eigenvalue weighted by Crippen LogP contribution is 2.35. The highest BCUT2D eigenvalue weighted by atomic mass is 79.9. The number of aromatic nitrogens is 5. The van der Waals surface area contributed by atoms with Gasteiger partial charge in [0.2, 0.25) is 0 Å². The minimum atomic E-state index is -4.49. The van der Waals surface area contributed by atoms with E-state index in [2.05, 4.69) is 40.8 Å². The molecule has 0 atom stereocenters. The molecule has 26 heavy (non-hydrogen) atoms. The van der Waals surface area contributed by atoms with Crippen LogP contribution in [0.3, 0.4) is 0 Å². The Morgan fingerprint density at radius 3 is 2.58 bits per heavy atom. The number of pyridine rings is 3. The van der Waals surface area contributed by atoms with Crippen LogP contribution in [0.1, 0.15) is 5.56 Å². The number of nitrogens with zero attached hydrogens (tertiary/aromatic N) is 4. The highest BCUT2D eigenvalue weighted by molar-refractivity contribution is 9.10. The molecule has 0 saturated heterocycles. The quantitative estimate of drug-likeness (QED) is 0.503. The summed E-state index contributed by atoms with van der Waals surface area (Å²) in [7, 11) is 0. The summed E-state index contributed by atoms with van der Waals surface area (Å²) >= 11 is 3.33. The fourth-order valence-electron chi connectivity index (χ4n) is 2.53. The average Bonchev–Trinajstić information content (AvgIpc) is 3.04. The van der Waals surface area contributed by atoms with Crippen LogP contribution in [-0.2, 0) is 6.18 Å². The number of alkyl halides is 3. The van der Waals surface area contributed by atoms with E-state index in [1.165, 1.54) is 24.5 Å². The normalized spacial score (nSPS) is 11.8. The Hall–Kier alpha value is -2.81. The molecule has 0 aliphatic rings. The molecule has 4 rings (SSSR count). The maximum absolute atomic E-state index is 13.1. The lowest BCUT2D eigenvalue weighted by Crippen LogP contribution is -2.08. The predicted octanol–water partition coefficient (Wildman–Crippen LogP) is 4.86. The van der Waals surface area contributed by atoms with Crippen molar-refractivity contribution in [2.75, 3.05) is 0 Å². The van der Waals surface area contributed by atoms with Gasteiger partial charge >= 0.3 is 6.18 Å². The minimum Gasteiger partial charge on any atom is -0.335 e. The van der Waals surface area contributed by atoms with Crippen molar-refractivity contribution in [3.8, 4) is 22.8 Å². The van der Waals surface area contributed by atoms with Crippen molar-refractivity contribution in [1.29, 1.82) is 0 Å². The maximum Gasteiger partial charge on any atom is 0.418 e. The molecule has 0 amide bonds. The Balaban J connectivity index is 1.73. The van der Waals surface area contributed by atoms with Gasteiger partial charge < -0.3 is 4.98 Å². The van der Waals surface area contributed by atoms with Gasteiger partial charge in [-0.25, -0.2) is 9.97 Å². The zero-order valence-corrected chi connectivity index (χ0v) is 14.5. The topological polar surface area (TPSA) is 67.3 Å². The van der Waals surface area contributed by atoms with Crippen molar-refractivity contribution in [3.63, 3.8) is 0 Å². The van der Waals surface area contributed by atoms with Gasteiger partial charge in [-0.3, -0.25) is 9.97 Å². The first-order valence-electron chi connectivity index (χ1n) is 7.42. The van der Waals surface area contributed by atoms with Crippen LogP contribution < -0.4 is 0 Å². The number of hydrogen-bond acceptors (Lipinski definition) is 4. The van der Waals surface area contributed by atoms with E-state index in [1.54, 1.807) is 12.3 Å². The van der Waals surface area contributed by atoms with Crippen molar-refractivity contribution in [2.24, 2.45) is 0 Å².